The van der Waals surface area contributed by atoms with Crippen LogP contribution >= 0.6 is 22.6 Å². The molecule has 0 aliphatic carbocycles. The maximum atomic E-state index is 12.3. The lowest BCUT2D eigenvalue weighted by molar-refractivity contribution is 0.0277. The SMILES string of the molecule is CC[C@@H](OC(=O)c1cccc(I)c1)C(=O)c1ccccc1. The second-order valence-corrected chi connectivity index (χ2v) is 5.79. The van der Waals surface area contributed by atoms with E-state index in [-0.39, 0.29) is 5.78 Å². The molecule has 0 heterocycles. The zero-order valence-corrected chi connectivity index (χ0v) is 13.7. The minimum absolute atomic E-state index is 0.169. The van der Waals surface area contributed by atoms with Crippen molar-refractivity contribution in [2.24, 2.45) is 0 Å². The molecule has 3 nitrogen and oxygen atoms in total. The number of ether oxygens (including phenoxy) is 1. The smallest absolute Gasteiger partial charge is 0.338 e. The van der Waals surface area contributed by atoms with Crippen molar-refractivity contribution in [2.75, 3.05) is 0 Å². The van der Waals surface area contributed by atoms with Crippen LogP contribution in [0.2, 0.25) is 0 Å². The van der Waals surface area contributed by atoms with Crippen molar-refractivity contribution in [3.05, 3.63) is 69.3 Å². The predicted molar refractivity (Wildman–Crippen MR) is 89.4 cm³/mol. The Bertz CT molecular complexity index is 637. The van der Waals surface area contributed by atoms with Gasteiger partial charge in [0.15, 0.2) is 6.10 Å². The predicted octanol–water partition coefficient (Wildman–Crippen LogP) is 4.11. The van der Waals surface area contributed by atoms with Gasteiger partial charge in [0.05, 0.1) is 5.56 Å². The van der Waals surface area contributed by atoms with Gasteiger partial charge in [-0.1, -0.05) is 43.3 Å². The normalized spacial score (nSPS) is 11.7. The third-order valence-corrected chi connectivity index (χ3v) is 3.70. The van der Waals surface area contributed by atoms with Crippen molar-refractivity contribution in [2.45, 2.75) is 19.4 Å². The van der Waals surface area contributed by atoms with Gasteiger partial charge in [0, 0.05) is 9.13 Å². The molecule has 2 aromatic rings. The van der Waals surface area contributed by atoms with Gasteiger partial charge < -0.3 is 4.74 Å². The van der Waals surface area contributed by atoms with E-state index < -0.39 is 12.1 Å². The first-order valence-electron chi connectivity index (χ1n) is 6.67. The van der Waals surface area contributed by atoms with Crippen LogP contribution in [0.15, 0.2) is 54.6 Å². The third kappa shape index (κ3) is 4.14. The first-order chi connectivity index (χ1) is 10.1. The molecule has 0 aliphatic rings. The molecule has 4 heteroatoms. The number of benzene rings is 2. The maximum Gasteiger partial charge on any atom is 0.338 e. The number of halogens is 1. The molecule has 0 N–H and O–H groups in total. The fraction of sp³-hybridized carbons (Fsp3) is 0.176. The van der Waals surface area contributed by atoms with Crippen LogP contribution in [0.25, 0.3) is 0 Å². The van der Waals surface area contributed by atoms with Gasteiger partial charge in [-0.15, -0.1) is 0 Å². The summed E-state index contributed by atoms with van der Waals surface area (Å²) in [6.07, 6.45) is -0.304. The van der Waals surface area contributed by atoms with E-state index in [1.54, 1.807) is 42.5 Å². The van der Waals surface area contributed by atoms with E-state index in [2.05, 4.69) is 22.6 Å². The Hall–Kier alpha value is -1.69. The quantitative estimate of drug-likeness (QED) is 0.436. The first kappa shape index (κ1) is 15.7. The van der Waals surface area contributed by atoms with Crippen molar-refractivity contribution in [1.82, 2.24) is 0 Å². The Morgan fingerprint density at radius 1 is 1.05 bits per heavy atom. The van der Waals surface area contributed by atoms with Crippen LogP contribution in [0.4, 0.5) is 0 Å². The molecule has 0 aromatic heterocycles. The van der Waals surface area contributed by atoms with Crippen molar-refractivity contribution in [1.29, 1.82) is 0 Å². The fourth-order valence-electron chi connectivity index (χ4n) is 1.92. The van der Waals surface area contributed by atoms with E-state index in [4.69, 9.17) is 4.74 Å². The molecule has 21 heavy (non-hydrogen) atoms. The summed E-state index contributed by atoms with van der Waals surface area (Å²) in [5.74, 6) is -0.637. The lowest BCUT2D eigenvalue weighted by atomic mass is 10.0. The largest absolute Gasteiger partial charge is 0.450 e. The Morgan fingerprint density at radius 3 is 2.33 bits per heavy atom. The Balaban J connectivity index is 2.12. The molecule has 0 saturated carbocycles. The summed E-state index contributed by atoms with van der Waals surface area (Å²) in [6.45, 7) is 1.83. The van der Waals surface area contributed by atoms with Gasteiger partial charge in [0.25, 0.3) is 0 Å². The first-order valence-corrected chi connectivity index (χ1v) is 7.75. The van der Waals surface area contributed by atoms with E-state index in [1.807, 2.05) is 19.1 Å². The lowest BCUT2D eigenvalue weighted by Gasteiger charge is -2.15. The van der Waals surface area contributed by atoms with Gasteiger partial charge >= 0.3 is 5.97 Å². The van der Waals surface area contributed by atoms with Gasteiger partial charge in [-0.25, -0.2) is 4.79 Å². The molecule has 0 saturated heterocycles. The highest BCUT2D eigenvalue weighted by molar-refractivity contribution is 14.1. The Morgan fingerprint density at radius 2 is 1.71 bits per heavy atom. The highest BCUT2D eigenvalue weighted by atomic mass is 127. The summed E-state index contributed by atoms with van der Waals surface area (Å²) in [4.78, 5) is 24.5. The van der Waals surface area contributed by atoms with E-state index in [9.17, 15) is 9.59 Å². The molecule has 0 aliphatic heterocycles. The molecular weight excluding hydrogens is 379 g/mol. The number of rotatable bonds is 5. The molecule has 2 rings (SSSR count). The van der Waals surface area contributed by atoms with Crippen LogP contribution in [0.3, 0.4) is 0 Å². The molecule has 1 atom stereocenters. The molecule has 0 bridgehead atoms. The highest BCUT2D eigenvalue weighted by Gasteiger charge is 2.23. The number of carbonyl (C=O) groups is 2. The fourth-order valence-corrected chi connectivity index (χ4v) is 2.47. The van der Waals surface area contributed by atoms with Crippen molar-refractivity contribution in [3.63, 3.8) is 0 Å². The Labute approximate surface area is 137 Å². The van der Waals surface area contributed by atoms with E-state index in [1.165, 1.54) is 0 Å². The number of Topliss-reactive ketones (excluding diaryl/α,β-unsaturated/α-hetero) is 1. The van der Waals surface area contributed by atoms with Gasteiger partial charge in [-0.05, 0) is 47.2 Å². The molecule has 108 valence electrons. The molecule has 0 fully saturated rings. The number of carbonyl (C=O) groups excluding carboxylic acids is 2. The summed E-state index contributed by atoms with van der Waals surface area (Å²) in [5, 5.41) is 0. The minimum Gasteiger partial charge on any atom is -0.450 e. The van der Waals surface area contributed by atoms with E-state index in [0.29, 0.717) is 17.5 Å². The van der Waals surface area contributed by atoms with Gasteiger partial charge in [0.2, 0.25) is 5.78 Å². The highest BCUT2D eigenvalue weighted by Crippen LogP contribution is 2.14. The van der Waals surface area contributed by atoms with Crippen LogP contribution in [0, 0.1) is 3.57 Å². The second-order valence-electron chi connectivity index (χ2n) is 4.54. The number of esters is 1. The van der Waals surface area contributed by atoms with E-state index in [0.717, 1.165) is 3.57 Å². The number of hydrogen-bond acceptors (Lipinski definition) is 3. The zero-order valence-electron chi connectivity index (χ0n) is 11.6. The number of hydrogen-bond donors (Lipinski definition) is 0. The molecule has 0 amide bonds. The maximum absolute atomic E-state index is 12.3. The van der Waals surface area contributed by atoms with E-state index >= 15 is 0 Å². The number of ketones is 1. The average molecular weight is 394 g/mol. The second kappa shape index (κ2) is 7.36. The molecule has 2 aromatic carbocycles. The summed E-state index contributed by atoms with van der Waals surface area (Å²) in [5.41, 5.74) is 1.01. The topological polar surface area (TPSA) is 43.4 Å². The summed E-state index contributed by atoms with van der Waals surface area (Å²) in [6, 6.07) is 16.0. The van der Waals surface area contributed by atoms with Crippen molar-refractivity contribution in [3.8, 4) is 0 Å². The minimum atomic E-state index is -0.752. The van der Waals surface area contributed by atoms with Crippen molar-refractivity contribution < 1.29 is 14.3 Å². The van der Waals surface area contributed by atoms with Crippen LogP contribution in [-0.2, 0) is 4.74 Å². The molecular formula is C17H15IO3. The third-order valence-electron chi connectivity index (χ3n) is 3.03. The Kier molecular flexibility index (Phi) is 5.50. The van der Waals surface area contributed by atoms with Gasteiger partial charge in [0.1, 0.15) is 0 Å². The molecule has 0 unspecified atom stereocenters. The van der Waals surface area contributed by atoms with Crippen LogP contribution in [0.5, 0.6) is 0 Å². The molecule has 0 radical (unpaired) electrons. The monoisotopic (exact) mass is 394 g/mol. The molecule has 0 spiro atoms. The standard InChI is InChI=1S/C17H15IO3/c1-2-15(16(19)12-7-4-3-5-8-12)21-17(20)13-9-6-10-14(18)11-13/h3-11,15H,2H2,1H3/t15-/m1/s1. The van der Waals surface area contributed by atoms with Crippen LogP contribution < -0.4 is 0 Å². The summed E-state index contributed by atoms with van der Waals surface area (Å²) < 4.78 is 6.31. The van der Waals surface area contributed by atoms with Gasteiger partial charge in [-0.2, -0.15) is 0 Å². The zero-order chi connectivity index (χ0) is 15.2. The van der Waals surface area contributed by atoms with Crippen LogP contribution in [-0.4, -0.2) is 17.9 Å². The summed E-state index contributed by atoms with van der Waals surface area (Å²) in [7, 11) is 0. The van der Waals surface area contributed by atoms with Gasteiger partial charge in [-0.3, -0.25) is 4.79 Å². The van der Waals surface area contributed by atoms with Crippen LogP contribution in [0.1, 0.15) is 34.1 Å². The lowest BCUT2D eigenvalue weighted by Crippen LogP contribution is -2.26. The van der Waals surface area contributed by atoms with Crippen molar-refractivity contribution >= 4 is 34.3 Å². The summed E-state index contributed by atoms with van der Waals surface area (Å²) >= 11 is 2.13. The average Bonchev–Trinajstić information content (AvgIpc) is 2.52.